The Morgan fingerprint density at radius 2 is 2.43 bits per heavy atom. The van der Waals surface area contributed by atoms with Crippen LogP contribution in [0.1, 0.15) is 37.7 Å². The number of ether oxygens (including phenoxy) is 1. The van der Waals surface area contributed by atoms with Crippen LogP contribution in [0.4, 0.5) is 0 Å². The van der Waals surface area contributed by atoms with Gasteiger partial charge in [-0.3, -0.25) is 0 Å². The van der Waals surface area contributed by atoms with Gasteiger partial charge in [0.15, 0.2) is 0 Å². The molecule has 1 saturated heterocycles. The number of nitrogens with zero attached hydrogens (tertiary/aromatic N) is 3. The summed E-state index contributed by atoms with van der Waals surface area (Å²) in [5.74, 6) is 0.691. The van der Waals surface area contributed by atoms with Crippen molar-refractivity contribution in [1.82, 2.24) is 19.5 Å². The Balaban J connectivity index is 2.03. The third-order valence-corrected chi connectivity index (χ3v) is 4.14. The van der Waals surface area contributed by atoms with Crippen LogP contribution in [0, 0.1) is 0 Å². The molecule has 6 nitrogen and oxygen atoms in total. The van der Waals surface area contributed by atoms with Crippen LogP contribution >= 0.6 is 0 Å². The second kappa shape index (κ2) is 4.82. The molecule has 21 heavy (non-hydrogen) atoms. The van der Waals surface area contributed by atoms with Gasteiger partial charge < -0.3 is 19.4 Å². The Bertz CT molecular complexity index is 784. The summed E-state index contributed by atoms with van der Waals surface area (Å²) >= 11 is 0. The number of aliphatic hydroxyl groups is 1. The van der Waals surface area contributed by atoms with Crippen molar-refractivity contribution in [3.8, 4) is 0 Å². The fraction of sp³-hybridized carbons (Fsp3) is 0.467. The summed E-state index contributed by atoms with van der Waals surface area (Å²) in [7, 11) is 0. The van der Waals surface area contributed by atoms with Gasteiger partial charge in [0.2, 0.25) is 0 Å². The van der Waals surface area contributed by atoms with Crippen LogP contribution < -0.4 is 0 Å². The molecule has 2 atom stereocenters. The standard InChI is InChI=1S/C15H18N4O2/c1-9(20)15-18-12-7-17-14-11(4-5-16-14)13(12)19(15)10-3-2-6-21-8-10/h4-5,7,9-10,20H,2-3,6,8H2,1H3,(H,16,17). The zero-order chi connectivity index (χ0) is 14.4. The number of aromatic nitrogens is 4. The van der Waals surface area contributed by atoms with Gasteiger partial charge in [0.05, 0.1) is 24.4 Å². The molecule has 0 aromatic carbocycles. The predicted molar refractivity (Wildman–Crippen MR) is 79.1 cm³/mol. The molecule has 0 aliphatic carbocycles. The zero-order valence-electron chi connectivity index (χ0n) is 11.9. The minimum absolute atomic E-state index is 0.217. The quantitative estimate of drug-likeness (QED) is 0.758. The maximum absolute atomic E-state index is 10.1. The molecular weight excluding hydrogens is 268 g/mol. The average Bonchev–Trinajstić information content (AvgIpc) is 3.11. The highest BCUT2D eigenvalue weighted by Gasteiger charge is 2.25. The van der Waals surface area contributed by atoms with Crippen LogP contribution in [0.25, 0.3) is 22.1 Å². The van der Waals surface area contributed by atoms with Crippen molar-refractivity contribution in [2.45, 2.75) is 31.9 Å². The van der Waals surface area contributed by atoms with E-state index in [9.17, 15) is 5.11 Å². The second-order valence-electron chi connectivity index (χ2n) is 5.62. The number of hydrogen-bond donors (Lipinski definition) is 2. The third kappa shape index (κ3) is 1.94. The number of hydrogen-bond acceptors (Lipinski definition) is 4. The number of fused-ring (bicyclic) bond motifs is 3. The highest BCUT2D eigenvalue weighted by atomic mass is 16.5. The fourth-order valence-corrected chi connectivity index (χ4v) is 3.20. The fourth-order valence-electron chi connectivity index (χ4n) is 3.20. The van der Waals surface area contributed by atoms with Crippen molar-refractivity contribution in [1.29, 1.82) is 0 Å². The number of rotatable bonds is 2. The average molecular weight is 286 g/mol. The number of H-pyrrole nitrogens is 1. The van der Waals surface area contributed by atoms with E-state index in [1.807, 2.05) is 12.3 Å². The number of aliphatic hydroxyl groups excluding tert-OH is 1. The van der Waals surface area contributed by atoms with Gasteiger partial charge >= 0.3 is 0 Å². The molecule has 6 heteroatoms. The number of imidazole rings is 1. The van der Waals surface area contributed by atoms with E-state index in [4.69, 9.17) is 4.74 Å². The molecule has 4 heterocycles. The van der Waals surface area contributed by atoms with Crippen molar-refractivity contribution in [2.75, 3.05) is 13.2 Å². The van der Waals surface area contributed by atoms with Gasteiger partial charge in [-0.2, -0.15) is 0 Å². The Morgan fingerprint density at radius 3 is 3.19 bits per heavy atom. The van der Waals surface area contributed by atoms with Crippen molar-refractivity contribution >= 4 is 22.1 Å². The molecule has 0 spiro atoms. The summed E-state index contributed by atoms with van der Waals surface area (Å²) < 4.78 is 7.78. The summed E-state index contributed by atoms with van der Waals surface area (Å²) in [6.45, 7) is 3.23. The third-order valence-electron chi connectivity index (χ3n) is 4.14. The number of nitrogens with one attached hydrogen (secondary N) is 1. The molecule has 2 N–H and O–H groups in total. The molecule has 0 amide bonds. The monoisotopic (exact) mass is 286 g/mol. The van der Waals surface area contributed by atoms with E-state index in [0.29, 0.717) is 12.4 Å². The van der Waals surface area contributed by atoms with Crippen LogP contribution in [-0.2, 0) is 4.74 Å². The predicted octanol–water partition coefficient (Wildman–Crippen LogP) is 2.32. The lowest BCUT2D eigenvalue weighted by atomic mass is 10.1. The van der Waals surface area contributed by atoms with Crippen LogP contribution in [0.15, 0.2) is 18.5 Å². The topological polar surface area (TPSA) is 76.0 Å². The summed E-state index contributed by atoms with van der Waals surface area (Å²) in [5, 5.41) is 11.1. The SMILES string of the molecule is CC(O)c1nc2cnc3[nH]ccc3c2n1C1CCCOC1. The molecule has 110 valence electrons. The van der Waals surface area contributed by atoms with Gasteiger partial charge in [0.1, 0.15) is 23.1 Å². The first-order valence-electron chi connectivity index (χ1n) is 7.35. The van der Waals surface area contributed by atoms with Crippen molar-refractivity contribution in [3.63, 3.8) is 0 Å². The maximum atomic E-state index is 10.1. The van der Waals surface area contributed by atoms with Gasteiger partial charge in [-0.1, -0.05) is 0 Å². The lowest BCUT2D eigenvalue weighted by Gasteiger charge is -2.26. The summed E-state index contributed by atoms with van der Waals surface area (Å²) in [4.78, 5) is 12.1. The minimum Gasteiger partial charge on any atom is -0.385 e. The lowest BCUT2D eigenvalue weighted by Crippen LogP contribution is -2.23. The first-order chi connectivity index (χ1) is 10.3. The normalized spacial score (nSPS) is 21.1. The van der Waals surface area contributed by atoms with Crippen LogP contribution in [0.3, 0.4) is 0 Å². The van der Waals surface area contributed by atoms with Crippen LogP contribution in [-0.4, -0.2) is 37.8 Å². The largest absolute Gasteiger partial charge is 0.385 e. The van der Waals surface area contributed by atoms with Gasteiger partial charge in [-0.05, 0) is 25.8 Å². The van der Waals surface area contributed by atoms with E-state index in [1.54, 1.807) is 13.1 Å². The van der Waals surface area contributed by atoms with Crippen molar-refractivity contribution in [3.05, 3.63) is 24.3 Å². The second-order valence-corrected chi connectivity index (χ2v) is 5.62. The summed E-state index contributed by atoms with van der Waals surface area (Å²) in [6, 6.07) is 2.23. The van der Waals surface area contributed by atoms with E-state index in [1.165, 1.54) is 0 Å². The molecule has 3 aromatic rings. The minimum atomic E-state index is -0.617. The van der Waals surface area contributed by atoms with Gasteiger partial charge in [0.25, 0.3) is 0 Å². The molecule has 1 fully saturated rings. The van der Waals surface area contributed by atoms with E-state index in [-0.39, 0.29) is 6.04 Å². The van der Waals surface area contributed by atoms with Gasteiger partial charge in [-0.15, -0.1) is 0 Å². The highest BCUT2D eigenvalue weighted by Crippen LogP contribution is 2.32. The molecule has 0 bridgehead atoms. The molecule has 1 aliphatic rings. The van der Waals surface area contributed by atoms with Crippen molar-refractivity contribution in [2.24, 2.45) is 0 Å². The van der Waals surface area contributed by atoms with Gasteiger partial charge in [-0.25, -0.2) is 9.97 Å². The Morgan fingerprint density at radius 1 is 1.52 bits per heavy atom. The van der Waals surface area contributed by atoms with E-state index < -0.39 is 6.10 Å². The lowest BCUT2D eigenvalue weighted by molar-refractivity contribution is 0.0565. The van der Waals surface area contributed by atoms with E-state index >= 15 is 0 Å². The first kappa shape index (κ1) is 12.8. The Labute approximate surface area is 121 Å². The summed E-state index contributed by atoms with van der Waals surface area (Å²) in [5.41, 5.74) is 2.70. The molecular formula is C15H18N4O2. The molecule has 2 unspecified atom stereocenters. The van der Waals surface area contributed by atoms with E-state index in [2.05, 4.69) is 19.5 Å². The van der Waals surface area contributed by atoms with Crippen LogP contribution in [0.5, 0.6) is 0 Å². The Kier molecular flexibility index (Phi) is 2.94. The maximum Gasteiger partial charge on any atom is 0.139 e. The molecule has 1 aliphatic heterocycles. The van der Waals surface area contributed by atoms with E-state index in [0.717, 1.165) is 41.5 Å². The molecule has 0 radical (unpaired) electrons. The highest BCUT2D eigenvalue weighted by molar-refractivity contribution is 6.01. The van der Waals surface area contributed by atoms with Crippen molar-refractivity contribution < 1.29 is 9.84 Å². The number of pyridine rings is 1. The zero-order valence-corrected chi connectivity index (χ0v) is 11.9. The first-order valence-corrected chi connectivity index (χ1v) is 7.35. The smallest absolute Gasteiger partial charge is 0.139 e. The molecule has 4 rings (SSSR count). The molecule has 3 aromatic heterocycles. The van der Waals surface area contributed by atoms with Crippen LogP contribution in [0.2, 0.25) is 0 Å². The molecule has 0 saturated carbocycles. The number of aromatic amines is 1. The van der Waals surface area contributed by atoms with Gasteiger partial charge in [0, 0.05) is 18.2 Å². The summed E-state index contributed by atoms with van der Waals surface area (Å²) in [6.07, 6.45) is 5.10. The Hall–Kier alpha value is -1.92.